The minimum atomic E-state index is -3.37. The van der Waals surface area contributed by atoms with E-state index in [4.69, 9.17) is 5.73 Å². The fourth-order valence-corrected chi connectivity index (χ4v) is 4.00. The van der Waals surface area contributed by atoms with Crippen molar-refractivity contribution < 1.29 is 17.9 Å². The van der Waals surface area contributed by atoms with Crippen molar-refractivity contribution in [3.63, 3.8) is 0 Å². The van der Waals surface area contributed by atoms with Crippen LogP contribution in [0.4, 0.5) is 5.69 Å². The lowest BCUT2D eigenvalue weighted by atomic mass is 10.3. The van der Waals surface area contributed by atoms with Gasteiger partial charge < -0.3 is 10.5 Å². The minimum absolute atomic E-state index is 0.00411. The van der Waals surface area contributed by atoms with E-state index in [9.17, 15) is 13.2 Å². The standard InChI is InChI=1S/C13H20N2O4S2/c1-15(7-6-13(16)19-2)21(17,18)9-8-20-12-5-3-4-11(14)10-12/h3-5,10H,6-9,14H2,1-2H3. The number of carbonyl (C=O) groups is 1. The maximum absolute atomic E-state index is 12.0. The third-order valence-corrected chi connectivity index (χ3v) is 5.91. The number of hydrogen-bond donors (Lipinski definition) is 1. The van der Waals surface area contributed by atoms with E-state index in [1.165, 1.54) is 30.2 Å². The number of thioether (sulfide) groups is 1. The summed E-state index contributed by atoms with van der Waals surface area (Å²) in [7, 11) is -0.632. The van der Waals surface area contributed by atoms with Crippen molar-refractivity contribution in [2.45, 2.75) is 11.3 Å². The summed E-state index contributed by atoms with van der Waals surface area (Å²) in [6.45, 7) is 0.123. The second-order valence-corrected chi connectivity index (χ2v) is 7.75. The van der Waals surface area contributed by atoms with Crippen LogP contribution < -0.4 is 5.73 Å². The topological polar surface area (TPSA) is 89.7 Å². The molecule has 1 aromatic rings. The van der Waals surface area contributed by atoms with Crippen LogP contribution in [-0.4, -0.2) is 50.9 Å². The number of nitrogens with two attached hydrogens (primary N) is 1. The molecule has 118 valence electrons. The molecule has 0 heterocycles. The third-order valence-electron chi connectivity index (χ3n) is 2.80. The first-order chi connectivity index (χ1) is 9.85. The van der Waals surface area contributed by atoms with Gasteiger partial charge in [0.2, 0.25) is 10.0 Å². The molecule has 8 heteroatoms. The van der Waals surface area contributed by atoms with Crippen LogP contribution in [0.1, 0.15) is 6.42 Å². The highest BCUT2D eigenvalue weighted by Gasteiger charge is 2.18. The van der Waals surface area contributed by atoms with Crippen molar-refractivity contribution in [2.24, 2.45) is 0 Å². The lowest BCUT2D eigenvalue weighted by Crippen LogP contribution is -2.32. The van der Waals surface area contributed by atoms with Crippen LogP contribution in [0, 0.1) is 0 Å². The lowest BCUT2D eigenvalue weighted by molar-refractivity contribution is -0.140. The Morgan fingerprint density at radius 3 is 2.76 bits per heavy atom. The monoisotopic (exact) mass is 332 g/mol. The molecule has 0 amide bonds. The number of nitrogens with zero attached hydrogens (tertiary/aromatic N) is 1. The SMILES string of the molecule is COC(=O)CCN(C)S(=O)(=O)CCSc1cccc(N)c1. The first-order valence-electron chi connectivity index (χ1n) is 6.34. The van der Waals surface area contributed by atoms with Crippen LogP contribution >= 0.6 is 11.8 Å². The summed E-state index contributed by atoms with van der Waals surface area (Å²) >= 11 is 1.43. The first-order valence-corrected chi connectivity index (χ1v) is 8.94. The molecular weight excluding hydrogens is 312 g/mol. The summed E-state index contributed by atoms with van der Waals surface area (Å²) in [5.74, 6) is 0.00423. The van der Waals surface area contributed by atoms with Crippen molar-refractivity contribution in [3.05, 3.63) is 24.3 Å². The van der Waals surface area contributed by atoms with Crippen molar-refractivity contribution in [1.29, 1.82) is 0 Å². The number of rotatable bonds is 8. The Hall–Kier alpha value is -1.25. The molecule has 0 saturated heterocycles. The van der Waals surface area contributed by atoms with Crippen LogP contribution in [0.3, 0.4) is 0 Å². The van der Waals surface area contributed by atoms with Gasteiger partial charge >= 0.3 is 5.97 Å². The van der Waals surface area contributed by atoms with E-state index >= 15 is 0 Å². The van der Waals surface area contributed by atoms with Crippen molar-refractivity contribution >= 4 is 33.4 Å². The van der Waals surface area contributed by atoms with Gasteiger partial charge in [-0.1, -0.05) is 6.07 Å². The number of methoxy groups -OCH3 is 1. The van der Waals surface area contributed by atoms with Crippen LogP contribution in [-0.2, 0) is 19.6 Å². The number of hydrogen-bond acceptors (Lipinski definition) is 6. The summed E-state index contributed by atoms with van der Waals surface area (Å²) in [6.07, 6.45) is 0.0502. The van der Waals surface area contributed by atoms with E-state index in [2.05, 4.69) is 4.74 Å². The second-order valence-electron chi connectivity index (χ2n) is 4.38. The highest BCUT2D eigenvalue weighted by Crippen LogP contribution is 2.20. The second kappa shape index (κ2) is 8.26. The highest BCUT2D eigenvalue weighted by molar-refractivity contribution is 8.00. The van der Waals surface area contributed by atoms with Gasteiger partial charge in [0.1, 0.15) is 0 Å². The van der Waals surface area contributed by atoms with Gasteiger partial charge in [0.25, 0.3) is 0 Å². The van der Waals surface area contributed by atoms with E-state index < -0.39 is 16.0 Å². The van der Waals surface area contributed by atoms with E-state index in [0.717, 1.165) is 4.90 Å². The zero-order chi connectivity index (χ0) is 15.9. The molecule has 0 aliphatic carbocycles. The Morgan fingerprint density at radius 1 is 1.43 bits per heavy atom. The average Bonchev–Trinajstić information content (AvgIpc) is 2.44. The minimum Gasteiger partial charge on any atom is -0.469 e. The molecule has 0 bridgehead atoms. The van der Waals surface area contributed by atoms with Gasteiger partial charge in [-0.05, 0) is 18.2 Å². The van der Waals surface area contributed by atoms with E-state index in [1.807, 2.05) is 12.1 Å². The van der Waals surface area contributed by atoms with E-state index in [-0.39, 0.29) is 18.7 Å². The molecule has 0 aromatic heterocycles. The van der Waals surface area contributed by atoms with Crippen LogP contribution in [0.25, 0.3) is 0 Å². The van der Waals surface area contributed by atoms with Gasteiger partial charge in [0, 0.05) is 29.9 Å². The number of ether oxygens (including phenoxy) is 1. The molecule has 0 saturated carbocycles. The van der Waals surface area contributed by atoms with Gasteiger partial charge in [-0.3, -0.25) is 4.79 Å². The molecule has 0 fully saturated rings. The number of nitrogen functional groups attached to an aromatic ring is 1. The molecule has 0 aliphatic rings. The Kier molecular flexibility index (Phi) is 7.00. The predicted molar refractivity (Wildman–Crippen MR) is 84.6 cm³/mol. The van der Waals surface area contributed by atoms with Gasteiger partial charge in [0.05, 0.1) is 19.3 Å². The van der Waals surface area contributed by atoms with Gasteiger partial charge in [-0.25, -0.2) is 12.7 Å². The van der Waals surface area contributed by atoms with Crippen molar-refractivity contribution in [1.82, 2.24) is 4.31 Å². The fraction of sp³-hybridized carbons (Fsp3) is 0.462. The Labute approximate surface area is 129 Å². The molecule has 0 atom stereocenters. The molecule has 1 aromatic carbocycles. The third kappa shape index (κ3) is 6.36. The number of esters is 1. The maximum atomic E-state index is 12.0. The predicted octanol–water partition coefficient (Wildman–Crippen LogP) is 1.19. The van der Waals surface area contributed by atoms with Crippen molar-refractivity contribution in [2.75, 3.05) is 37.9 Å². The Balaban J connectivity index is 2.43. The average molecular weight is 332 g/mol. The van der Waals surface area contributed by atoms with E-state index in [1.54, 1.807) is 12.1 Å². The maximum Gasteiger partial charge on any atom is 0.306 e. The molecule has 0 spiro atoms. The van der Waals surface area contributed by atoms with Crippen molar-refractivity contribution in [3.8, 4) is 0 Å². The summed E-state index contributed by atoms with van der Waals surface area (Å²) < 4.78 is 29.7. The normalized spacial score (nSPS) is 11.6. The van der Waals surface area contributed by atoms with Crippen LogP contribution in [0.5, 0.6) is 0 Å². The Bertz CT molecular complexity index is 575. The zero-order valence-electron chi connectivity index (χ0n) is 12.1. The summed E-state index contributed by atoms with van der Waals surface area (Å²) in [4.78, 5) is 11.9. The smallest absolute Gasteiger partial charge is 0.306 e. The molecule has 0 aliphatic heterocycles. The van der Waals surface area contributed by atoms with Gasteiger partial charge in [-0.15, -0.1) is 11.8 Å². The molecule has 21 heavy (non-hydrogen) atoms. The number of benzene rings is 1. The molecular formula is C13H20N2O4S2. The summed E-state index contributed by atoms with van der Waals surface area (Å²) in [6, 6.07) is 7.29. The Morgan fingerprint density at radius 2 is 2.14 bits per heavy atom. The van der Waals surface area contributed by atoms with Gasteiger partial charge in [0.15, 0.2) is 0 Å². The molecule has 1 rings (SSSR count). The highest BCUT2D eigenvalue weighted by atomic mass is 32.2. The van der Waals surface area contributed by atoms with E-state index in [0.29, 0.717) is 11.4 Å². The number of carbonyl (C=O) groups excluding carboxylic acids is 1. The number of sulfonamides is 1. The summed E-state index contributed by atoms with van der Waals surface area (Å²) in [5, 5.41) is 0. The first kappa shape index (κ1) is 17.8. The quantitative estimate of drug-likeness (QED) is 0.437. The van der Waals surface area contributed by atoms with Crippen LogP contribution in [0.2, 0.25) is 0 Å². The molecule has 2 N–H and O–H groups in total. The molecule has 0 unspecified atom stereocenters. The van der Waals surface area contributed by atoms with Gasteiger partial charge in [-0.2, -0.15) is 0 Å². The summed E-state index contributed by atoms with van der Waals surface area (Å²) in [5.41, 5.74) is 6.31. The molecule has 6 nitrogen and oxygen atoms in total. The number of anilines is 1. The van der Waals surface area contributed by atoms with Crippen LogP contribution in [0.15, 0.2) is 29.2 Å². The fourth-order valence-electron chi connectivity index (χ4n) is 1.51. The largest absolute Gasteiger partial charge is 0.469 e. The zero-order valence-corrected chi connectivity index (χ0v) is 13.7. The lowest BCUT2D eigenvalue weighted by Gasteiger charge is -2.16. The molecule has 0 radical (unpaired) electrons.